The number of para-hydroxylation sites is 1. The Morgan fingerprint density at radius 2 is 1.85 bits per heavy atom. The summed E-state index contributed by atoms with van der Waals surface area (Å²) >= 11 is 0. The summed E-state index contributed by atoms with van der Waals surface area (Å²) in [6.45, 7) is 9.15. The molecule has 2 rings (SSSR count). The fourth-order valence-corrected chi connectivity index (χ4v) is 1.81. The summed E-state index contributed by atoms with van der Waals surface area (Å²) in [6, 6.07) is 12.1. The number of benzene rings is 1. The SMILES string of the molecule is CCCCNCC(C)CC.c1ccc2ncccc2c1. The predicted molar refractivity (Wildman–Crippen MR) is 89.0 cm³/mol. The lowest BCUT2D eigenvalue weighted by Crippen LogP contribution is -2.21. The molecule has 0 amide bonds. The van der Waals surface area contributed by atoms with Gasteiger partial charge >= 0.3 is 0 Å². The van der Waals surface area contributed by atoms with Crippen LogP contribution >= 0.6 is 0 Å². The molecule has 1 aromatic carbocycles. The first-order chi connectivity index (χ1) is 9.77. The van der Waals surface area contributed by atoms with Gasteiger partial charge in [-0.05, 0) is 37.6 Å². The Bertz CT molecular complexity index is 402. The van der Waals surface area contributed by atoms with Crippen molar-refractivity contribution in [1.82, 2.24) is 10.3 Å². The van der Waals surface area contributed by atoms with E-state index >= 15 is 0 Å². The van der Waals surface area contributed by atoms with Crippen LogP contribution in [0.1, 0.15) is 40.0 Å². The maximum Gasteiger partial charge on any atom is 0.0701 e. The van der Waals surface area contributed by atoms with Gasteiger partial charge in [-0.2, -0.15) is 0 Å². The zero-order valence-electron chi connectivity index (χ0n) is 13.1. The highest BCUT2D eigenvalue weighted by molar-refractivity contribution is 5.77. The van der Waals surface area contributed by atoms with Crippen LogP contribution in [-0.4, -0.2) is 18.1 Å². The lowest BCUT2D eigenvalue weighted by atomic mass is 10.1. The first-order valence-electron chi connectivity index (χ1n) is 7.78. The van der Waals surface area contributed by atoms with Crippen molar-refractivity contribution in [3.63, 3.8) is 0 Å². The smallest absolute Gasteiger partial charge is 0.0701 e. The Balaban J connectivity index is 0.000000200. The Hall–Kier alpha value is -1.41. The molecule has 0 saturated heterocycles. The number of rotatable bonds is 6. The largest absolute Gasteiger partial charge is 0.316 e. The first kappa shape index (κ1) is 16.6. The van der Waals surface area contributed by atoms with Gasteiger partial charge in [0.1, 0.15) is 0 Å². The quantitative estimate of drug-likeness (QED) is 0.774. The number of aromatic nitrogens is 1. The van der Waals surface area contributed by atoms with Crippen LogP contribution in [0.4, 0.5) is 0 Å². The average molecular weight is 272 g/mol. The van der Waals surface area contributed by atoms with Crippen LogP contribution in [0.3, 0.4) is 0 Å². The normalized spacial score (nSPS) is 11.8. The summed E-state index contributed by atoms with van der Waals surface area (Å²) in [7, 11) is 0. The molecular weight excluding hydrogens is 244 g/mol. The van der Waals surface area contributed by atoms with Gasteiger partial charge in [-0.1, -0.05) is 57.9 Å². The Morgan fingerprint density at radius 1 is 1.10 bits per heavy atom. The summed E-state index contributed by atoms with van der Waals surface area (Å²) in [5, 5.41) is 4.64. The number of nitrogens with zero attached hydrogens (tertiary/aromatic N) is 1. The summed E-state index contributed by atoms with van der Waals surface area (Å²) in [5.74, 6) is 0.844. The van der Waals surface area contributed by atoms with Gasteiger partial charge in [-0.25, -0.2) is 0 Å². The Labute approximate surface area is 123 Å². The molecule has 0 bridgehead atoms. The van der Waals surface area contributed by atoms with E-state index in [9.17, 15) is 0 Å². The number of unbranched alkanes of at least 4 members (excludes halogenated alkanes) is 1. The van der Waals surface area contributed by atoms with Gasteiger partial charge < -0.3 is 5.32 Å². The van der Waals surface area contributed by atoms with Gasteiger partial charge in [0.15, 0.2) is 0 Å². The van der Waals surface area contributed by atoms with Crippen LogP contribution in [0.5, 0.6) is 0 Å². The number of nitrogens with one attached hydrogen (secondary N) is 1. The molecule has 1 unspecified atom stereocenters. The van der Waals surface area contributed by atoms with Gasteiger partial charge in [0, 0.05) is 11.6 Å². The van der Waals surface area contributed by atoms with Crippen LogP contribution in [0.15, 0.2) is 42.6 Å². The second-order valence-corrected chi connectivity index (χ2v) is 5.27. The summed E-state index contributed by atoms with van der Waals surface area (Å²) in [4.78, 5) is 4.18. The number of pyridine rings is 1. The lowest BCUT2D eigenvalue weighted by Gasteiger charge is -2.08. The van der Waals surface area contributed by atoms with Crippen LogP contribution < -0.4 is 5.32 Å². The van der Waals surface area contributed by atoms with Crippen LogP contribution in [0.25, 0.3) is 10.9 Å². The second-order valence-electron chi connectivity index (χ2n) is 5.27. The summed E-state index contributed by atoms with van der Waals surface area (Å²) in [5.41, 5.74) is 1.06. The van der Waals surface area contributed by atoms with E-state index in [-0.39, 0.29) is 0 Å². The molecule has 1 N–H and O–H groups in total. The van der Waals surface area contributed by atoms with Gasteiger partial charge in [0.05, 0.1) is 5.52 Å². The molecule has 1 atom stereocenters. The zero-order chi connectivity index (χ0) is 14.6. The molecule has 0 radical (unpaired) electrons. The van der Waals surface area contributed by atoms with Crippen molar-refractivity contribution in [1.29, 1.82) is 0 Å². The molecule has 110 valence electrons. The third-order valence-corrected chi connectivity index (χ3v) is 3.41. The van der Waals surface area contributed by atoms with E-state index in [0.29, 0.717) is 0 Å². The molecule has 0 aliphatic heterocycles. The molecule has 1 heterocycles. The molecule has 0 fully saturated rings. The zero-order valence-corrected chi connectivity index (χ0v) is 13.1. The van der Waals surface area contributed by atoms with Crippen molar-refractivity contribution >= 4 is 10.9 Å². The molecule has 2 heteroatoms. The minimum absolute atomic E-state index is 0.844. The third kappa shape index (κ3) is 6.67. The van der Waals surface area contributed by atoms with Crippen LogP contribution in [0.2, 0.25) is 0 Å². The van der Waals surface area contributed by atoms with E-state index in [1.165, 1.54) is 37.7 Å². The van der Waals surface area contributed by atoms with Crippen molar-refractivity contribution < 1.29 is 0 Å². The molecule has 2 nitrogen and oxygen atoms in total. The molecular formula is C18H28N2. The molecule has 1 aromatic heterocycles. The lowest BCUT2D eigenvalue weighted by molar-refractivity contribution is 0.494. The van der Waals surface area contributed by atoms with E-state index < -0.39 is 0 Å². The highest BCUT2D eigenvalue weighted by Crippen LogP contribution is 2.07. The van der Waals surface area contributed by atoms with Crippen LogP contribution in [0, 0.1) is 5.92 Å². The fourth-order valence-electron chi connectivity index (χ4n) is 1.81. The van der Waals surface area contributed by atoms with E-state index in [4.69, 9.17) is 0 Å². The third-order valence-electron chi connectivity index (χ3n) is 3.41. The van der Waals surface area contributed by atoms with Crippen molar-refractivity contribution in [2.24, 2.45) is 5.92 Å². The maximum atomic E-state index is 4.18. The summed E-state index contributed by atoms with van der Waals surface area (Å²) < 4.78 is 0. The van der Waals surface area contributed by atoms with Gasteiger partial charge in [0.2, 0.25) is 0 Å². The van der Waals surface area contributed by atoms with E-state index in [2.05, 4.69) is 43.2 Å². The molecule has 0 saturated carbocycles. The maximum absolute atomic E-state index is 4.18. The Kier molecular flexibility index (Phi) is 8.64. The van der Waals surface area contributed by atoms with Gasteiger partial charge in [-0.3, -0.25) is 4.98 Å². The van der Waals surface area contributed by atoms with Crippen LogP contribution in [-0.2, 0) is 0 Å². The number of hydrogen-bond acceptors (Lipinski definition) is 2. The molecule has 2 aromatic rings. The van der Waals surface area contributed by atoms with E-state index in [0.717, 1.165) is 11.4 Å². The minimum Gasteiger partial charge on any atom is -0.316 e. The predicted octanol–water partition coefficient (Wildman–Crippen LogP) is 4.66. The monoisotopic (exact) mass is 272 g/mol. The van der Waals surface area contributed by atoms with Gasteiger partial charge in [-0.15, -0.1) is 0 Å². The van der Waals surface area contributed by atoms with Crippen molar-refractivity contribution in [2.45, 2.75) is 40.0 Å². The molecule has 0 aliphatic rings. The second kappa shape index (κ2) is 10.4. The first-order valence-corrected chi connectivity index (χ1v) is 7.78. The topological polar surface area (TPSA) is 24.9 Å². The van der Waals surface area contributed by atoms with Crippen molar-refractivity contribution in [2.75, 3.05) is 13.1 Å². The van der Waals surface area contributed by atoms with E-state index in [1.807, 2.05) is 30.5 Å². The highest BCUT2D eigenvalue weighted by atomic mass is 14.8. The number of fused-ring (bicyclic) bond motifs is 1. The van der Waals surface area contributed by atoms with Crippen molar-refractivity contribution in [3.05, 3.63) is 42.6 Å². The highest BCUT2D eigenvalue weighted by Gasteiger charge is 1.95. The molecule has 0 spiro atoms. The Morgan fingerprint density at radius 3 is 2.55 bits per heavy atom. The standard InChI is InChI=1S/C9H7N.C9H21N/c1-2-6-9-8(4-1)5-3-7-10-9;1-4-6-7-10-8-9(3)5-2/h1-7H;9-10H,4-8H2,1-3H3. The van der Waals surface area contributed by atoms with Gasteiger partial charge in [0.25, 0.3) is 0 Å². The molecule has 20 heavy (non-hydrogen) atoms. The number of hydrogen-bond donors (Lipinski definition) is 1. The summed E-state index contributed by atoms with van der Waals surface area (Å²) in [6.07, 6.45) is 5.71. The molecule has 0 aliphatic carbocycles. The van der Waals surface area contributed by atoms with Crippen molar-refractivity contribution in [3.8, 4) is 0 Å². The average Bonchev–Trinajstić information content (AvgIpc) is 2.52. The van der Waals surface area contributed by atoms with E-state index in [1.54, 1.807) is 0 Å². The fraction of sp³-hybridized carbons (Fsp3) is 0.500. The minimum atomic E-state index is 0.844.